The van der Waals surface area contributed by atoms with E-state index in [0.717, 1.165) is 60.4 Å². The van der Waals surface area contributed by atoms with E-state index in [4.69, 9.17) is 15.0 Å². The molecule has 1 fully saturated rings. The van der Waals surface area contributed by atoms with Gasteiger partial charge in [0.1, 0.15) is 17.0 Å². The van der Waals surface area contributed by atoms with Gasteiger partial charge in [0.05, 0.1) is 24.4 Å². The number of imidazole rings is 1. The molecule has 2 N–H and O–H groups in total. The number of nitriles is 1. The van der Waals surface area contributed by atoms with E-state index >= 15 is 0 Å². The maximum Gasteiger partial charge on any atom is 0.222 e. The molecule has 31 heavy (non-hydrogen) atoms. The molecule has 1 aliphatic rings. The maximum absolute atomic E-state index is 12.0. The average molecular weight is 424 g/mol. The lowest BCUT2D eigenvalue weighted by atomic mass is 10.0. The van der Waals surface area contributed by atoms with Gasteiger partial charge in [-0.25, -0.2) is 9.97 Å². The largest absolute Gasteiger partial charge is 0.384 e. The van der Waals surface area contributed by atoms with E-state index in [-0.39, 0.29) is 5.91 Å². The predicted molar refractivity (Wildman–Crippen MR) is 118 cm³/mol. The van der Waals surface area contributed by atoms with Gasteiger partial charge in [0.15, 0.2) is 0 Å². The van der Waals surface area contributed by atoms with E-state index < -0.39 is 0 Å². The van der Waals surface area contributed by atoms with Crippen LogP contribution in [0.5, 0.6) is 0 Å². The molecule has 3 aromatic rings. The Hall–Kier alpha value is -2.96. The van der Waals surface area contributed by atoms with Crippen molar-refractivity contribution >= 4 is 28.0 Å². The van der Waals surface area contributed by atoms with Crippen LogP contribution in [0, 0.1) is 11.3 Å². The van der Waals surface area contributed by atoms with E-state index in [1.54, 1.807) is 7.11 Å². The number of hydrogen-bond donors (Lipinski definition) is 2. The second kappa shape index (κ2) is 9.90. The molecule has 1 aliphatic heterocycles. The summed E-state index contributed by atoms with van der Waals surface area (Å²) in [5.74, 6) is 0.970. The van der Waals surface area contributed by atoms with Crippen LogP contribution in [0.2, 0.25) is 0 Å². The minimum Gasteiger partial charge on any atom is -0.384 e. The molecule has 164 valence electrons. The summed E-state index contributed by atoms with van der Waals surface area (Å²) in [6, 6.07) is 4.63. The lowest BCUT2D eigenvalue weighted by Gasteiger charge is -2.33. The normalized spacial score (nSPS) is 15.5. The van der Waals surface area contributed by atoms with Crippen LogP contribution in [-0.2, 0) is 16.0 Å². The Morgan fingerprint density at radius 1 is 1.42 bits per heavy atom. The van der Waals surface area contributed by atoms with Crippen molar-refractivity contribution in [2.75, 3.05) is 39.9 Å². The van der Waals surface area contributed by atoms with E-state index in [1.807, 2.05) is 12.4 Å². The zero-order valence-electron chi connectivity index (χ0n) is 17.9. The summed E-state index contributed by atoms with van der Waals surface area (Å²) >= 11 is 0. The number of nitrogens with one attached hydrogen (secondary N) is 2. The number of fused-ring (bicyclic) bond motifs is 3. The second-order valence-electron chi connectivity index (χ2n) is 7.95. The first-order chi connectivity index (χ1) is 15.2. The number of methoxy groups -OCH3 is 1. The molecule has 4 rings (SSSR count). The Morgan fingerprint density at radius 2 is 2.26 bits per heavy atom. The van der Waals surface area contributed by atoms with Gasteiger partial charge in [0.2, 0.25) is 5.91 Å². The van der Waals surface area contributed by atoms with Gasteiger partial charge in [0, 0.05) is 70.2 Å². The van der Waals surface area contributed by atoms with E-state index in [1.165, 1.54) is 0 Å². The monoisotopic (exact) mass is 423 g/mol. The van der Waals surface area contributed by atoms with Crippen molar-refractivity contribution < 1.29 is 9.53 Å². The van der Waals surface area contributed by atoms with Gasteiger partial charge in [0.25, 0.3) is 0 Å². The highest BCUT2D eigenvalue weighted by Crippen LogP contribution is 2.32. The first kappa shape index (κ1) is 21.3. The van der Waals surface area contributed by atoms with Gasteiger partial charge in [-0.1, -0.05) is 0 Å². The number of H-pyrrole nitrogens is 1. The van der Waals surface area contributed by atoms with E-state index in [9.17, 15) is 4.79 Å². The molecule has 4 heterocycles. The summed E-state index contributed by atoms with van der Waals surface area (Å²) in [5.41, 5.74) is 2.86. The zero-order valence-corrected chi connectivity index (χ0v) is 17.9. The van der Waals surface area contributed by atoms with Crippen LogP contribution < -0.4 is 5.32 Å². The molecule has 0 atom stereocenters. The highest BCUT2D eigenvalue weighted by Gasteiger charge is 2.25. The predicted octanol–water partition coefficient (Wildman–Crippen LogP) is 2.16. The first-order valence-corrected chi connectivity index (χ1v) is 10.9. The molecule has 0 unspecified atom stereocenters. The Bertz CT molecular complexity index is 1070. The van der Waals surface area contributed by atoms with Crippen molar-refractivity contribution in [1.82, 2.24) is 29.7 Å². The Balaban J connectivity index is 1.57. The molecule has 0 spiro atoms. The average Bonchev–Trinajstić information content (AvgIpc) is 3.40. The van der Waals surface area contributed by atoms with Gasteiger partial charge >= 0.3 is 0 Å². The summed E-state index contributed by atoms with van der Waals surface area (Å²) in [6.45, 7) is 3.74. The molecular formula is C22H29N7O2. The molecule has 9 heteroatoms. The van der Waals surface area contributed by atoms with Crippen molar-refractivity contribution in [3.05, 3.63) is 24.3 Å². The van der Waals surface area contributed by atoms with Crippen LogP contribution in [-0.4, -0.2) is 70.2 Å². The van der Waals surface area contributed by atoms with Crippen LogP contribution in [0.1, 0.15) is 37.5 Å². The summed E-state index contributed by atoms with van der Waals surface area (Å²) in [4.78, 5) is 26.9. The fourth-order valence-electron chi connectivity index (χ4n) is 4.42. The summed E-state index contributed by atoms with van der Waals surface area (Å²) in [6.07, 6.45) is 7.36. The molecule has 0 bridgehead atoms. The molecule has 1 amide bonds. The Labute approximate surface area is 181 Å². The fraction of sp³-hybridized carbons (Fsp3) is 0.545. The van der Waals surface area contributed by atoms with E-state index in [2.05, 4.69) is 36.9 Å². The van der Waals surface area contributed by atoms with Crippen LogP contribution in [0.15, 0.2) is 18.5 Å². The summed E-state index contributed by atoms with van der Waals surface area (Å²) in [7, 11) is 1.59. The number of amides is 1. The van der Waals surface area contributed by atoms with Crippen LogP contribution >= 0.6 is 0 Å². The number of aromatic nitrogens is 4. The molecule has 0 radical (unpaired) electrons. The molecular weight excluding hydrogens is 394 g/mol. The number of carbonyl (C=O) groups is 1. The smallest absolute Gasteiger partial charge is 0.222 e. The second-order valence-corrected chi connectivity index (χ2v) is 7.95. The number of piperidine rings is 1. The van der Waals surface area contributed by atoms with Crippen LogP contribution in [0.25, 0.3) is 22.1 Å². The van der Waals surface area contributed by atoms with E-state index in [0.29, 0.717) is 38.5 Å². The maximum atomic E-state index is 12.0. The minimum atomic E-state index is -0.00926. The highest BCUT2D eigenvalue weighted by atomic mass is 16.5. The van der Waals surface area contributed by atoms with Crippen LogP contribution in [0.3, 0.4) is 0 Å². The van der Waals surface area contributed by atoms with Crippen molar-refractivity contribution in [3.8, 4) is 6.07 Å². The summed E-state index contributed by atoms with van der Waals surface area (Å²) in [5, 5.41) is 12.9. The fourth-order valence-corrected chi connectivity index (χ4v) is 4.42. The lowest BCUT2D eigenvalue weighted by molar-refractivity contribution is -0.121. The molecule has 9 nitrogen and oxygen atoms in total. The third kappa shape index (κ3) is 4.70. The van der Waals surface area contributed by atoms with Gasteiger partial charge in [-0.15, -0.1) is 0 Å². The van der Waals surface area contributed by atoms with Gasteiger partial charge in [-0.3, -0.25) is 4.79 Å². The number of carbonyl (C=O) groups excluding carboxylic acids is 1. The topological polar surface area (TPSA) is 112 Å². The standard InChI is InChI=1S/C22H29N7O2/c1-31-14-7-20(30)24-10-4-19-27-18-15-26-22-17(3-9-25-22)21(18)29(19)16-5-12-28(13-6-16)11-2-8-23/h3,9,15-16H,2,4-7,10-14H2,1H3,(H,24,30)(H,25,26). The third-order valence-electron chi connectivity index (χ3n) is 5.97. The molecule has 3 aromatic heterocycles. The Kier molecular flexibility index (Phi) is 6.79. The molecule has 0 aromatic carbocycles. The minimum absolute atomic E-state index is 0.00926. The number of ether oxygens (including phenoxy) is 1. The molecule has 0 aliphatic carbocycles. The SMILES string of the molecule is COCCC(=O)NCCc1nc2cnc3[nH]ccc3c2n1C1CCN(CCC#N)CC1. The Morgan fingerprint density at radius 3 is 3.03 bits per heavy atom. The van der Waals surface area contributed by atoms with Gasteiger partial charge in [-0.05, 0) is 18.9 Å². The lowest BCUT2D eigenvalue weighted by Crippen LogP contribution is -2.36. The number of nitrogens with zero attached hydrogens (tertiary/aromatic N) is 5. The van der Waals surface area contributed by atoms with Crippen molar-refractivity contribution in [2.24, 2.45) is 0 Å². The molecule has 0 saturated carbocycles. The number of hydrogen-bond acceptors (Lipinski definition) is 6. The molecule has 1 saturated heterocycles. The number of aromatic amines is 1. The number of likely N-dealkylation sites (tertiary alicyclic amines) is 1. The van der Waals surface area contributed by atoms with Crippen molar-refractivity contribution in [1.29, 1.82) is 5.26 Å². The first-order valence-electron chi connectivity index (χ1n) is 10.9. The third-order valence-corrected chi connectivity index (χ3v) is 5.97. The van der Waals surface area contributed by atoms with Crippen molar-refractivity contribution in [2.45, 2.75) is 38.1 Å². The van der Waals surface area contributed by atoms with Crippen molar-refractivity contribution in [3.63, 3.8) is 0 Å². The zero-order chi connectivity index (χ0) is 21.6. The quantitative estimate of drug-likeness (QED) is 0.545. The van der Waals surface area contributed by atoms with Gasteiger partial charge in [-0.2, -0.15) is 5.26 Å². The van der Waals surface area contributed by atoms with Gasteiger partial charge < -0.3 is 24.5 Å². The number of pyridine rings is 1. The highest BCUT2D eigenvalue weighted by molar-refractivity contribution is 6.01. The number of rotatable bonds is 9. The summed E-state index contributed by atoms with van der Waals surface area (Å²) < 4.78 is 7.34. The van der Waals surface area contributed by atoms with Crippen LogP contribution in [0.4, 0.5) is 0 Å².